The zero-order chi connectivity index (χ0) is 24.4. The lowest BCUT2D eigenvalue weighted by molar-refractivity contribution is 0.0737. The molecule has 0 spiro atoms. The van der Waals surface area contributed by atoms with Crippen molar-refractivity contribution in [2.75, 3.05) is 26.2 Å². The number of nitriles is 1. The zero-order valence-corrected chi connectivity index (χ0v) is 19.2. The lowest BCUT2D eigenvalue weighted by atomic mass is 10.0. The molecule has 5 rings (SSSR count). The van der Waals surface area contributed by atoms with Crippen LogP contribution in [0, 0.1) is 18.3 Å². The van der Waals surface area contributed by atoms with Crippen LogP contribution in [0.3, 0.4) is 0 Å². The fourth-order valence-corrected chi connectivity index (χ4v) is 4.25. The number of carbonyl (C=O) groups is 1. The van der Waals surface area contributed by atoms with Crippen LogP contribution in [-0.4, -0.2) is 57.3 Å². The van der Waals surface area contributed by atoms with Gasteiger partial charge in [0.15, 0.2) is 5.65 Å². The number of aromatic nitrogens is 3. The molecule has 1 fully saturated rings. The first-order valence-corrected chi connectivity index (χ1v) is 11.4. The van der Waals surface area contributed by atoms with Crippen LogP contribution in [0.25, 0.3) is 34.4 Å². The van der Waals surface area contributed by atoms with E-state index in [2.05, 4.69) is 21.6 Å². The standard InChI is InChI=1S/C27H24N6O2/c1-17-14-18(2-4-20(17)16-28)3-9-23-25-22(27(35)33-12-10-29-11-13-33)15-24(30-26(25)32-31-23)19-5-7-21(34)8-6-19/h2-9,14-15,29,34H,10-13H2,1H3,(H,30,31,32)/b9-3+. The second-order valence-electron chi connectivity index (χ2n) is 8.50. The second kappa shape index (κ2) is 9.41. The van der Waals surface area contributed by atoms with Crippen LogP contribution in [0.5, 0.6) is 5.75 Å². The number of aromatic hydroxyl groups is 1. The first-order valence-electron chi connectivity index (χ1n) is 11.4. The van der Waals surface area contributed by atoms with E-state index in [1.165, 1.54) is 0 Å². The van der Waals surface area contributed by atoms with Crippen molar-refractivity contribution in [2.45, 2.75) is 6.92 Å². The van der Waals surface area contributed by atoms with Gasteiger partial charge in [-0.05, 0) is 60.5 Å². The Morgan fingerprint density at radius 1 is 1.11 bits per heavy atom. The molecule has 2 aromatic heterocycles. The third-order valence-corrected chi connectivity index (χ3v) is 6.16. The number of aryl methyl sites for hydroxylation is 1. The molecule has 8 nitrogen and oxygen atoms in total. The van der Waals surface area contributed by atoms with E-state index in [1.54, 1.807) is 36.4 Å². The number of nitrogens with one attached hydrogen (secondary N) is 2. The second-order valence-corrected chi connectivity index (χ2v) is 8.50. The Hall–Kier alpha value is -4.48. The van der Waals surface area contributed by atoms with Crippen LogP contribution in [0.1, 0.15) is 32.7 Å². The molecule has 3 N–H and O–H groups in total. The number of pyridine rings is 1. The predicted octanol–water partition coefficient (Wildman–Crippen LogP) is 3.73. The molecule has 3 heterocycles. The highest BCUT2D eigenvalue weighted by atomic mass is 16.3. The summed E-state index contributed by atoms with van der Waals surface area (Å²) < 4.78 is 0. The molecule has 0 saturated carbocycles. The fraction of sp³-hybridized carbons (Fsp3) is 0.185. The summed E-state index contributed by atoms with van der Waals surface area (Å²) in [5, 5.41) is 30.2. The van der Waals surface area contributed by atoms with Gasteiger partial charge in [-0.2, -0.15) is 10.4 Å². The van der Waals surface area contributed by atoms with Crippen LogP contribution in [0.4, 0.5) is 0 Å². The minimum absolute atomic E-state index is 0.0656. The summed E-state index contributed by atoms with van der Waals surface area (Å²) in [6.07, 6.45) is 3.77. The van der Waals surface area contributed by atoms with Gasteiger partial charge >= 0.3 is 0 Å². The molecule has 1 amide bonds. The van der Waals surface area contributed by atoms with Crippen molar-refractivity contribution in [2.24, 2.45) is 0 Å². The Morgan fingerprint density at radius 3 is 2.60 bits per heavy atom. The van der Waals surface area contributed by atoms with E-state index < -0.39 is 0 Å². The largest absolute Gasteiger partial charge is 0.508 e. The van der Waals surface area contributed by atoms with Gasteiger partial charge in [0, 0.05) is 31.7 Å². The molecule has 1 aliphatic heterocycles. The first-order chi connectivity index (χ1) is 17.0. The highest BCUT2D eigenvalue weighted by molar-refractivity contribution is 6.09. The van der Waals surface area contributed by atoms with Gasteiger partial charge in [0.05, 0.1) is 34.0 Å². The van der Waals surface area contributed by atoms with E-state index in [0.29, 0.717) is 46.6 Å². The van der Waals surface area contributed by atoms with Gasteiger partial charge in [0.1, 0.15) is 5.75 Å². The number of aromatic amines is 1. The van der Waals surface area contributed by atoms with Crippen molar-refractivity contribution in [3.8, 4) is 23.1 Å². The number of H-pyrrole nitrogens is 1. The van der Waals surface area contributed by atoms with E-state index in [9.17, 15) is 15.2 Å². The van der Waals surface area contributed by atoms with Gasteiger partial charge in [0.25, 0.3) is 5.91 Å². The average molecular weight is 465 g/mol. The quantitative estimate of drug-likeness (QED) is 0.424. The molecule has 0 bridgehead atoms. The normalized spacial score (nSPS) is 13.9. The number of fused-ring (bicyclic) bond motifs is 1. The third kappa shape index (κ3) is 4.50. The first kappa shape index (κ1) is 22.3. The highest BCUT2D eigenvalue weighted by Crippen LogP contribution is 2.29. The molecule has 35 heavy (non-hydrogen) atoms. The Balaban J connectivity index is 1.60. The number of phenolic OH excluding ortho intramolecular Hbond substituents is 1. The van der Waals surface area contributed by atoms with Crippen LogP contribution < -0.4 is 5.32 Å². The van der Waals surface area contributed by atoms with Crippen LogP contribution in [0.2, 0.25) is 0 Å². The summed E-state index contributed by atoms with van der Waals surface area (Å²) in [5.41, 5.74) is 5.55. The molecule has 0 unspecified atom stereocenters. The average Bonchev–Trinajstić information content (AvgIpc) is 3.30. The Bertz CT molecular complexity index is 1470. The molecular weight excluding hydrogens is 440 g/mol. The summed E-state index contributed by atoms with van der Waals surface area (Å²) in [6.45, 7) is 4.66. The number of hydrogen-bond acceptors (Lipinski definition) is 6. The maximum absolute atomic E-state index is 13.6. The van der Waals surface area contributed by atoms with Crippen LogP contribution in [-0.2, 0) is 0 Å². The van der Waals surface area contributed by atoms with Crippen molar-refractivity contribution < 1.29 is 9.90 Å². The van der Waals surface area contributed by atoms with Gasteiger partial charge < -0.3 is 15.3 Å². The van der Waals surface area contributed by atoms with Gasteiger partial charge in [-0.1, -0.05) is 18.2 Å². The maximum atomic E-state index is 13.6. The fourth-order valence-electron chi connectivity index (χ4n) is 4.25. The molecule has 4 aromatic rings. The lowest BCUT2D eigenvalue weighted by Crippen LogP contribution is -2.46. The smallest absolute Gasteiger partial charge is 0.254 e. The number of rotatable bonds is 4. The molecule has 1 aliphatic rings. The summed E-state index contributed by atoms with van der Waals surface area (Å²) in [6, 6.07) is 16.3. The zero-order valence-electron chi connectivity index (χ0n) is 19.2. The van der Waals surface area contributed by atoms with Crippen molar-refractivity contribution >= 4 is 29.1 Å². The minimum atomic E-state index is -0.0656. The number of piperazine rings is 1. The van der Waals surface area contributed by atoms with Crippen molar-refractivity contribution in [3.05, 3.63) is 76.5 Å². The third-order valence-electron chi connectivity index (χ3n) is 6.16. The molecular formula is C27H24N6O2. The predicted molar refractivity (Wildman–Crippen MR) is 135 cm³/mol. The van der Waals surface area contributed by atoms with Crippen molar-refractivity contribution in [1.29, 1.82) is 5.26 Å². The molecule has 8 heteroatoms. The van der Waals surface area contributed by atoms with E-state index in [0.717, 1.165) is 29.8 Å². The number of benzene rings is 2. The molecule has 174 valence electrons. The summed E-state index contributed by atoms with van der Waals surface area (Å²) in [7, 11) is 0. The van der Waals surface area contributed by atoms with E-state index >= 15 is 0 Å². The summed E-state index contributed by atoms with van der Waals surface area (Å²) in [4.78, 5) is 20.2. The monoisotopic (exact) mass is 464 g/mol. The number of nitrogens with zero attached hydrogens (tertiary/aromatic N) is 4. The summed E-state index contributed by atoms with van der Waals surface area (Å²) in [5.74, 6) is 0.100. The Labute approximate surface area is 202 Å². The molecule has 0 radical (unpaired) electrons. The molecule has 2 aromatic carbocycles. The number of phenols is 1. The number of hydrogen-bond donors (Lipinski definition) is 3. The SMILES string of the molecule is Cc1cc(/C=C/c2n[nH]c3nc(-c4ccc(O)cc4)cc(C(=O)N4CCNCC4)c23)ccc1C#N. The van der Waals surface area contributed by atoms with E-state index in [4.69, 9.17) is 4.98 Å². The topological polar surface area (TPSA) is 118 Å². The Kier molecular flexibility index (Phi) is 6.00. The number of carbonyl (C=O) groups excluding carboxylic acids is 1. The molecule has 1 saturated heterocycles. The van der Waals surface area contributed by atoms with Gasteiger partial charge in [-0.15, -0.1) is 0 Å². The van der Waals surface area contributed by atoms with Gasteiger partial charge in [0.2, 0.25) is 0 Å². The van der Waals surface area contributed by atoms with E-state index in [1.807, 2.05) is 36.1 Å². The van der Waals surface area contributed by atoms with Crippen molar-refractivity contribution in [3.63, 3.8) is 0 Å². The highest BCUT2D eigenvalue weighted by Gasteiger charge is 2.24. The molecule has 0 aliphatic carbocycles. The minimum Gasteiger partial charge on any atom is -0.508 e. The lowest BCUT2D eigenvalue weighted by Gasteiger charge is -2.27. The maximum Gasteiger partial charge on any atom is 0.254 e. The van der Waals surface area contributed by atoms with Crippen LogP contribution >= 0.6 is 0 Å². The molecule has 0 atom stereocenters. The van der Waals surface area contributed by atoms with E-state index in [-0.39, 0.29) is 11.7 Å². The van der Waals surface area contributed by atoms with Gasteiger partial charge in [-0.3, -0.25) is 9.89 Å². The van der Waals surface area contributed by atoms with Crippen LogP contribution in [0.15, 0.2) is 48.5 Å². The Morgan fingerprint density at radius 2 is 1.89 bits per heavy atom. The summed E-state index contributed by atoms with van der Waals surface area (Å²) >= 11 is 0. The number of amides is 1. The van der Waals surface area contributed by atoms with Gasteiger partial charge in [-0.25, -0.2) is 4.98 Å². The van der Waals surface area contributed by atoms with Crippen molar-refractivity contribution in [1.82, 2.24) is 25.4 Å².